The molecule has 0 aliphatic heterocycles. The lowest BCUT2D eigenvalue weighted by Gasteiger charge is -2.11. The fourth-order valence-electron chi connectivity index (χ4n) is 3.05. The number of aryl methyl sites for hydroxylation is 3. The first-order chi connectivity index (χ1) is 15.5. The summed E-state index contributed by atoms with van der Waals surface area (Å²) in [6, 6.07) is 6.42. The van der Waals surface area contributed by atoms with Crippen LogP contribution in [0.1, 0.15) is 14.5 Å². The highest BCUT2D eigenvalue weighted by molar-refractivity contribution is 6.01. The third-order valence-corrected chi connectivity index (χ3v) is 4.54. The Morgan fingerprint density at radius 3 is 2.57 bits per heavy atom. The number of carbonyl (C=O) groups is 1. The first kappa shape index (κ1) is 15.7. The molecule has 0 aliphatic carbocycles. The lowest BCUT2D eigenvalue weighted by molar-refractivity contribution is 0.0963. The van der Waals surface area contributed by atoms with Crippen molar-refractivity contribution < 1.29 is 8.91 Å². The number of carbonyl (C=O) groups excluding carboxylic acids is 1. The van der Waals surface area contributed by atoms with Crippen LogP contribution < -0.4 is 21.5 Å². The molecule has 0 aromatic carbocycles. The minimum atomic E-state index is -2.69. The van der Waals surface area contributed by atoms with E-state index < -0.39 is 12.9 Å². The van der Waals surface area contributed by atoms with Crippen LogP contribution in [0.5, 0.6) is 0 Å². The van der Waals surface area contributed by atoms with Gasteiger partial charge in [-0.15, -0.1) is 0 Å². The lowest BCUT2D eigenvalue weighted by Crippen LogP contribution is -2.20. The number of aromatic nitrogens is 6. The number of amides is 1. The predicted octanol–water partition coefficient (Wildman–Crippen LogP) is 1.25. The van der Waals surface area contributed by atoms with E-state index in [1.54, 1.807) is 50.4 Å². The molecule has 4 rings (SSSR count). The van der Waals surface area contributed by atoms with Crippen molar-refractivity contribution in [3.05, 3.63) is 52.6 Å². The van der Waals surface area contributed by atoms with E-state index in [2.05, 4.69) is 25.8 Å². The van der Waals surface area contributed by atoms with Crippen molar-refractivity contribution >= 4 is 40.1 Å². The van der Waals surface area contributed by atoms with Crippen molar-refractivity contribution in [1.29, 1.82) is 0 Å². The zero-order valence-electron chi connectivity index (χ0n) is 19.5. The number of nitrogens with zero attached hydrogens (tertiary/aromatic N) is 6. The topological polar surface area (TPSA) is 124 Å². The van der Waals surface area contributed by atoms with Gasteiger partial charge in [0.2, 0.25) is 0 Å². The maximum absolute atomic E-state index is 12.7. The molecule has 154 valence electrons. The molecule has 0 unspecified atom stereocenters. The van der Waals surface area contributed by atoms with Crippen molar-refractivity contribution in [2.45, 2.75) is 0 Å². The van der Waals surface area contributed by atoms with Crippen molar-refractivity contribution in [1.82, 2.24) is 34.4 Å². The zero-order chi connectivity index (χ0) is 23.9. The van der Waals surface area contributed by atoms with Crippen LogP contribution in [0, 0.1) is 0 Å². The first-order valence-electron chi connectivity index (χ1n) is 10.4. The Kier molecular flexibility index (Phi) is 3.86. The van der Waals surface area contributed by atoms with Gasteiger partial charge in [-0.1, -0.05) is 0 Å². The van der Waals surface area contributed by atoms with Crippen LogP contribution in [-0.2, 0) is 21.1 Å². The van der Waals surface area contributed by atoms with E-state index >= 15 is 0 Å². The summed E-state index contributed by atoms with van der Waals surface area (Å²) in [5, 5.41) is 16.8. The highest BCUT2D eigenvalue weighted by atomic mass is 16.1. The van der Waals surface area contributed by atoms with Crippen LogP contribution in [0.15, 0.2) is 41.5 Å². The molecule has 1 amide bonds. The normalized spacial score (nSPS) is 12.8. The Balaban J connectivity index is 1.79. The fourth-order valence-corrected chi connectivity index (χ4v) is 3.05. The summed E-state index contributed by atoms with van der Waals surface area (Å²) < 4.78 is 26.5. The van der Waals surface area contributed by atoms with Crippen molar-refractivity contribution in [2.75, 3.05) is 17.6 Å². The van der Waals surface area contributed by atoms with E-state index in [9.17, 15) is 9.59 Å². The van der Waals surface area contributed by atoms with Gasteiger partial charge in [0.25, 0.3) is 11.5 Å². The molecule has 4 aromatic heterocycles. The Morgan fingerprint density at radius 1 is 1.00 bits per heavy atom. The van der Waals surface area contributed by atoms with Gasteiger partial charge in [-0.3, -0.25) is 19.0 Å². The molecule has 0 aliphatic rings. The Hall–Kier alpha value is -4.15. The van der Waals surface area contributed by atoms with E-state index in [1.807, 2.05) is 5.32 Å². The van der Waals surface area contributed by atoms with Gasteiger partial charge in [0.15, 0.2) is 11.6 Å². The lowest BCUT2D eigenvalue weighted by atomic mass is 10.2. The summed E-state index contributed by atoms with van der Waals surface area (Å²) in [5.41, 5.74) is 0.250. The summed E-state index contributed by atoms with van der Waals surface area (Å²) >= 11 is 0. The van der Waals surface area contributed by atoms with Crippen LogP contribution in [0.2, 0.25) is 0 Å². The van der Waals surface area contributed by atoms with Gasteiger partial charge in [-0.05, 0) is 18.2 Å². The molecule has 30 heavy (non-hydrogen) atoms. The molecular formula is C19H21N9O2. The van der Waals surface area contributed by atoms with Gasteiger partial charge in [0, 0.05) is 50.7 Å². The van der Waals surface area contributed by atoms with Crippen molar-refractivity contribution in [2.24, 2.45) is 21.1 Å². The summed E-state index contributed by atoms with van der Waals surface area (Å²) in [5.74, 6) is 0.202. The highest BCUT2D eigenvalue weighted by Crippen LogP contribution is 2.26. The molecule has 0 radical (unpaired) electrons. The maximum atomic E-state index is 12.7. The summed E-state index contributed by atoms with van der Waals surface area (Å²) in [6.45, 7) is -2.69. The van der Waals surface area contributed by atoms with Gasteiger partial charge in [0.1, 0.15) is 17.0 Å². The molecular weight excluding hydrogens is 386 g/mol. The molecule has 4 heterocycles. The fraction of sp³-hybridized carbons (Fsp3) is 0.211. The van der Waals surface area contributed by atoms with Gasteiger partial charge in [0.05, 0.1) is 11.1 Å². The van der Waals surface area contributed by atoms with E-state index in [0.717, 1.165) is 0 Å². The van der Waals surface area contributed by atoms with Crippen LogP contribution in [0.4, 0.5) is 23.3 Å². The molecule has 4 aromatic rings. The minimum Gasteiger partial charge on any atom is -0.355 e. The number of anilines is 4. The molecule has 0 fully saturated rings. The van der Waals surface area contributed by atoms with E-state index in [1.165, 1.54) is 21.4 Å². The van der Waals surface area contributed by atoms with E-state index in [4.69, 9.17) is 4.11 Å². The van der Waals surface area contributed by atoms with E-state index in [0.29, 0.717) is 22.5 Å². The SMILES string of the molecule is [2H]C([2H])([2H])NC(=O)c1ccc(Nc2ccn(C)n2)nc1Nc1nn(C)c2ccn(C)c(=O)c12. The molecule has 11 heteroatoms. The Labute approximate surface area is 175 Å². The number of hydrogen-bond acceptors (Lipinski definition) is 7. The monoisotopic (exact) mass is 410 g/mol. The number of pyridine rings is 2. The van der Waals surface area contributed by atoms with Gasteiger partial charge < -0.3 is 20.5 Å². The summed E-state index contributed by atoms with van der Waals surface area (Å²) in [6.07, 6.45) is 3.37. The number of rotatable bonds is 5. The molecule has 0 spiro atoms. The zero-order valence-corrected chi connectivity index (χ0v) is 16.5. The summed E-state index contributed by atoms with van der Waals surface area (Å²) in [4.78, 5) is 29.8. The molecule has 0 bridgehead atoms. The second kappa shape index (κ2) is 7.35. The number of fused-ring (bicyclic) bond motifs is 1. The minimum absolute atomic E-state index is 0.0172. The van der Waals surface area contributed by atoms with Crippen molar-refractivity contribution in [3.8, 4) is 0 Å². The highest BCUT2D eigenvalue weighted by Gasteiger charge is 2.18. The molecule has 11 nitrogen and oxygen atoms in total. The molecule has 0 saturated carbocycles. The summed E-state index contributed by atoms with van der Waals surface area (Å²) in [7, 11) is 5.06. The average Bonchev–Trinajstić information content (AvgIpc) is 3.26. The maximum Gasteiger partial charge on any atom is 0.263 e. The second-order valence-corrected chi connectivity index (χ2v) is 6.64. The van der Waals surface area contributed by atoms with Gasteiger partial charge in [-0.25, -0.2) is 4.98 Å². The number of nitrogens with one attached hydrogen (secondary N) is 3. The van der Waals surface area contributed by atoms with Crippen LogP contribution in [0.3, 0.4) is 0 Å². The van der Waals surface area contributed by atoms with E-state index in [-0.39, 0.29) is 22.8 Å². The smallest absolute Gasteiger partial charge is 0.263 e. The molecule has 0 atom stereocenters. The van der Waals surface area contributed by atoms with Gasteiger partial charge in [-0.2, -0.15) is 10.2 Å². The second-order valence-electron chi connectivity index (χ2n) is 6.64. The standard InChI is InChI=1S/C19H21N9O2/c1-20-18(29)11-5-6-13(21-14-8-10-27(3)24-14)22-16(11)23-17-15-12(28(4)25-17)7-9-26(2)19(15)30/h5-10H,1-4H3,(H,20,29)(H2,21,22,23,24,25)/i1D3. The Bertz CT molecular complexity index is 1420. The third-order valence-electron chi connectivity index (χ3n) is 4.54. The molecule has 0 saturated heterocycles. The van der Waals surface area contributed by atoms with Crippen LogP contribution >= 0.6 is 0 Å². The number of hydrogen-bond donors (Lipinski definition) is 3. The Morgan fingerprint density at radius 2 is 1.83 bits per heavy atom. The first-order valence-corrected chi connectivity index (χ1v) is 8.91. The van der Waals surface area contributed by atoms with Gasteiger partial charge >= 0.3 is 0 Å². The third kappa shape index (κ3) is 3.36. The van der Waals surface area contributed by atoms with Crippen molar-refractivity contribution in [3.63, 3.8) is 0 Å². The predicted molar refractivity (Wildman–Crippen MR) is 113 cm³/mol. The average molecular weight is 410 g/mol. The van der Waals surface area contributed by atoms with Crippen LogP contribution in [-0.4, -0.2) is 42.0 Å². The van der Waals surface area contributed by atoms with Crippen LogP contribution in [0.25, 0.3) is 10.9 Å². The quantitative estimate of drug-likeness (QED) is 0.452. The largest absolute Gasteiger partial charge is 0.355 e. The molecule has 3 N–H and O–H groups in total.